The second-order valence-corrected chi connectivity index (χ2v) is 19.3. The standard InChI is InChI=1S/C64H47NO/c1-63(2)56-35-42(40-15-7-5-8-16-40)23-28-49(56)51-31-26-45(38-58(51)63)65(46-27-32-52-50-29-24-43(41-17-9-6-10-18-41)36-57(50)64(3,4)59(52)39-46)60-34-33-47(48-19-11-12-20-53(48)60)44-25-30-55-54-21-13-14-22-61(54)66-62(55)37-44/h5-39H,1-4H3. The summed E-state index contributed by atoms with van der Waals surface area (Å²) in [6.45, 7) is 9.57. The summed E-state index contributed by atoms with van der Waals surface area (Å²) in [5.74, 6) is 0. The van der Waals surface area contributed by atoms with Gasteiger partial charge in [0.1, 0.15) is 11.2 Å². The average molecular weight is 846 g/mol. The van der Waals surface area contributed by atoms with Gasteiger partial charge in [-0.2, -0.15) is 0 Å². The van der Waals surface area contributed by atoms with Gasteiger partial charge in [-0.25, -0.2) is 0 Å². The lowest BCUT2D eigenvalue weighted by Crippen LogP contribution is -2.18. The molecule has 0 radical (unpaired) electrons. The first-order chi connectivity index (χ1) is 32.2. The van der Waals surface area contributed by atoms with Crippen LogP contribution in [-0.4, -0.2) is 0 Å². The quantitative estimate of drug-likeness (QED) is 0.166. The van der Waals surface area contributed by atoms with E-state index < -0.39 is 0 Å². The van der Waals surface area contributed by atoms with Gasteiger partial charge in [0, 0.05) is 38.4 Å². The van der Waals surface area contributed by atoms with Crippen molar-refractivity contribution in [1.82, 2.24) is 0 Å². The third-order valence-electron chi connectivity index (χ3n) is 14.9. The number of fused-ring (bicyclic) bond motifs is 10. The lowest BCUT2D eigenvalue weighted by atomic mass is 9.81. The van der Waals surface area contributed by atoms with Crippen LogP contribution in [0.1, 0.15) is 49.9 Å². The van der Waals surface area contributed by atoms with Crippen molar-refractivity contribution in [3.63, 3.8) is 0 Å². The molecule has 0 N–H and O–H groups in total. The lowest BCUT2D eigenvalue weighted by Gasteiger charge is -2.31. The van der Waals surface area contributed by atoms with Crippen LogP contribution in [0.4, 0.5) is 17.1 Å². The van der Waals surface area contributed by atoms with Crippen LogP contribution in [-0.2, 0) is 10.8 Å². The summed E-state index contributed by atoms with van der Waals surface area (Å²) in [7, 11) is 0. The molecule has 13 rings (SSSR count). The van der Waals surface area contributed by atoms with Gasteiger partial charge in [0.25, 0.3) is 0 Å². The van der Waals surface area contributed by atoms with Crippen LogP contribution in [0.5, 0.6) is 0 Å². The molecule has 314 valence electrons. The highest BCUT2D eigenvalue weighted by atomic mass is 16.3. The molecule has 0 aliphatic heterocycles. The molecule has 0 spiro atoms. The Morgan fingerprint density at radius 2 is 0.742 bits per heavy atom. The van der Waals surface area contributed by atoms with E-state index in [1.807, 2.05) is 6.07 Å². The SMILES string of the molecule is CC1(C)c2cc(-c3ccccc3)ccc2-c2ccc(N(c3ccc4c(c3)C(C)(C)c3cc(-c5ccccc5)ccc3-4)c3ccc(-c4ccc5c(c4)oc4ccccc45)c4ccccc34)cc21. The van der Waals surface area contributed by atoms with E-state index in [9.17, 15) is 0 Å². The number of anilines is 3. The van der Waals surface area contributed by atoms with Gasteiger partial charge < -0.3 is 9.32 Å². The van der Waals surface area contributed by atoms with Gasteiger partial charge in [-0.05, 0) is 144 Å². The van der Waals surface area contributed by atoms with Gasteiger partial charge in [0.15, 0.2) is 0 Å². The number of nitrogens with zero attached hydrogens (tertiary/aromatic N) is 1. The molecule has 2 heteroatoms. The fourth-order valence-corrected chi connectivity index (χ4v) is 11.4. The van der Waals surface area contributed by atoms with Gasteiger partial charge in [0.05, 0.1) is 5.69 Å². The molecule has 1 aromatic heterocycles. The number of hydrogen-bond acceptors (Lipinski definition) is 2. The highest BCUT2D eigenvalue weighted by Gasteiger charge is 2.38. The van der Waals surface area contributed by atoms with Crippen LogP contribution in [0.2, 0.25) is 0 Å². The topological polar surface area (TPSA) is 16.4 Å². The molecule has 66 heavy (non-hydrogen) atoms. The van der Waals surface area contributed by atoms with Crippen molar-refractivity contribution in [1.29, 1.82) is 0 Å². The number of hydrogen-bond donors (Lipinski definition) is 0. The molecule has 2 aliphatic carbocycles. The van der Waals surface area contributed by atoms with Crippen molar-refractivity contribution in [2.75, 3.05) is 4.90 Å². The normalized spacial score (nSPS) is 14.0. The first-order valence-corrected chi connectivity index (χ1v) is 23.2. The maximum Gasteiger partial charge on any atom is 0.136 e. The van der Waals surface area contributed by atoms with Crippen molar-refractivity contribution in [2.45, 2.75) is 38.5 Å². The third kappa shape index (κ3) is 5.74. The van der Waals surface area contributed by atoms with Crippen LogP contribution < -0.4 is 4.90 Å². The first kappa shape index (κ1) is 38.5. The Kier molecular flexibility index (Phi) is 8.33. The molecule has 2 nitrogen and oxygen atoms in total. The molecule has 0 atom stereocenters. The molecule has 10 aromatic carbocycles. The van der Waals surface area contributed by atoms with Gasteiger partial charge in [-0.1, -0.05) is 179 Å². The molecule has 0 fully saturated rings. The predicted octanol–water partition coefficient (Wildman–Crippen LogP) is 17.8. The summed E-state index contributed by atoms with van der Waals surface area (Å²) in [5, 5.41) is 4.66. The molecular formula is C64H47NO. The fraction of sp³-hybridized carbons (Fsp3) is 0.0938. The van der Waals surface area contributed by atoms with Crippen molar-refractivity contribution in [3.8, 4) is 55.6 Å². The highest BCUT2D eigenvalue weighted by molar-refractivity contribution is 6.10. The van der Waals surface area contributed by atoms with E-state index in [0.717, 1.165) is 44.6 Å². The van der Waals surface area contributed by atoms with Crippen LogP contribution in [0.3, 0.4) is 0 Å². The monoisotopic (exact) mass is 845 g/mol. The highest BCUT2D eigenvalue weighted by Crippen LogP contribution is 2.55. The number of furan rings is 1. The average Bonchev–Trinajstić information content (AvgIpc) is 3.93. The number of para-hydroxylation sites is 1. The Morgan fingerprint density at radius 3 is 1.32 bits per heavy atom. The summed E-state index contributed by atoms with van der Waals surface area (Å²) in [5.41, 5.74) is 22.8. The van der Waals surface area contributed by atoms with Gasteiger partial charge in [-0.3, -0.25) is 0 Å². The maximum atomic E-state index is 6.41. The predicted molar refractivity (Wildman–Crippen MR) is 277 cm³/mol. The zero-order valence-electron chi connectivity index (χ0n) is 37.6. The third-order valence-corrected chi connectivity index (χ3v) is 14.9. The molecule has 0 amide bonds. The van der Waals surface area contributed by atoms with Crippen LogP contribution in [0.25, 0.3) is 88.3 Å². The summed E-state index contributed by atoms with van der Waals surface area (Å²) in [6, 6.07) is 78.4. The first-order valence-electron chi connectivity index (χ1n) is 23.2. The molecule has 0 saturated heterocycles. The molecule has 11 aromatic rings. The minimum Gasteiger partial charge on any atom is -0.456 e. The van der Waals surface area contributed by atoms with Crippen LogP contribution >= 0.6 is 0 Å². The maximum absolute atomic E-state index is 6.41. The zero-order valence-corrected chi connectivity index (χ0v) is 37.6. The molecule has 0 bridgehead atoms. The molecule has 0 saturated carbocycles. The summed E-state index contributed by atoms with van der Waals surface area (Å²) in [4.78, 5) is 2.51. The smallest absolute Gasteiger partial charge is 0.136 e. The summed E-state index contributed by atoms with van der Waals surface area (Å²) < 4.78 is 6.41. The number of rotatable bonds is 6. The zero-order chi connectivity index (χ0) is 44.3. The molecule has 2 aliphatic rings. The lowest BCUT2D eigenvalue weighted by molar-refractivity contribution is 0.660. The van der Waals surface area contributed by atoms with E-state index in [1.54, 1.807) is 0 Å². The number of benzene rings is 10. The minimum absolute atomic E-state index is 0.212. The van der Waals surface area contributed by atoms with Crippen molar-refractivity contribution >= 4 is 49.8 Å². The second kappa shape index (κ2) is 14.3. The Labute approximate surface area is 386 Å². The van der Waals surface area contributed by atoms with Gasteiger partial charge >= 0.3 is 0 Å². The second-order valence-electron chi connectivity index (χ2n) is 19.3. The van der Waals surface area contributed by atoms with Gasteiger partial charge in [0.2, 0.25) is 0 Å². The van der Waals surface area contributed by atoms with Crippen LogP contribution in [0, 0.1) is 0 Å². The van der Waals surface area contributed by atoms with E-state index in [-0.39, 0.29) is 10.8 Å². The largest absolute Gasteiger partial charge is 0.456 e. The Bertz CT molecular complexity index is 3610. The van der Waals surface area contributed by atoms with E-state index in [0.29, 0.717) is 0 Å². The Balaban J connectivity index is 0.984. The fourth-order valence-electron chi connectivity index (χ4n) is 11.4. The van der Waals surface area contributed by atoms with E-state index in [4.69, 9.17) is 4.42 Å². The van der Waals surface area contributed by atoms with Crippen molar-refractivity contribution in [2.24, 2.45) is 0 Å². The molecule has 0 unspecified atom stereocenters. The van der Waals surface area contributed by atoms with E-state index >= 15 is 0 Å². The summed E-state index contributed by atoms with van der Waals surface area (Å²) in [6.07, 6.45) is 0. The van der Waals surface area contributed by atoms with Crippen molar-refractivity contribution in [3.05, 3.63) is 235 Å². The molecule has 1 heterocycles. The summed E-state index contributed by atoms with van der Waals surface area (Å²) >= 11 is 0. The Hall–Kier alpha value is -7.94. The van der Waals surface area contributed by atoms with E-state index in [2.05, 4.69) is 239 Å². The minimum atomic E-state index is -0.212. The Morgan fingerprint density at radius 1 is 0.303 bits per heavy atom. The van der Waals surface area contributed by atoms with Crippen molar-refractivity contribution < 1.29 is 4.42 Å². The van der Waals surface area contributed by atoms with Gasteiger partial charge in [-0.15, -0.1) is 0 Å². The van der Waals surface area contributed by atoms with Crippen LogP contribution in [0.15, 0.2) is 217 Å². The van der Waals surface area contributed by atoms with E-state index in [1.165, 1.54) is 83.1 Å². The molecular weight excluding hydrogens is 799 g/mol.